The van der Waals surface area contributed by atoms with E-state index >= 15 is 0 Å². The van der Waals surface area contributed by atoms with Crippen LogP contribution in [0.3, 0.4) is 0 Å². The van der Waals surface area contributed by atoms with Gasteiger partial charge in [-0.1, -0.05) is 11.6 Å². The lowest BCUT2D eigenvalue weighted by atomic mass is 10.1. The van der Waals surface area contributed by atoms with E-state index in [1.807, 2.05) is 11.9 Å². The summed E-state index contributed by atoms with van der Waals surface area (Å²) in [5.41, 5.74) is 0.601. The van der Waals surface area contributed by atoms with Crippen LogP contribution < -0.4 is 4.74 Å². The second kappa shape index (κ2) is 8.15. The Morgan fingerprint density at radius 1 is 1.37 bits per heavy atom. The van der Waals surface area contributed by atoms with Crippen LogP contribution in [0.4, 0.5) is 0 Å². The Morgan fingerprint density at radius 3 is 2.68 bits per heavy atom. The first-order valence-corrected chi connectivity index (χ1v) is 6.50. The molecule has 0 heterocycles. The lowest BCUT2D eigenvalue weighted by Gasteiger charge is -2.15. The zero-order valence-electron chi connectivity index (χ0n) is 11.6. The molecule has 0 aliphatic heterocycles. The molecule has 0 aromatic heterocycles. The third-order valence-corrected chi connectivity index (χ3v) is 3.07. The number of benzene rings is 1. The van der Waals surface area contributed by atoms with Gasteiger partial charge in [0.1, 0.15) is 5.75 Å². The first-order valence-electron chi connectivity index (χ1n) is 6.12. The molecule has 106 valence electrons. The summed E-state index contributed by atoms with van der Waals surface area (Å²) in [7, 11) is 5.13. The fourth-order valence-electron chi connectivity index (χ4n) is 1.73. The number of carbonyl (C=O) groups excluding carboxylic acids is 1. The Bertz CT molecular complexity index is 423. The number of likely N-dealkylation sites (N-methyl/N-ethyl adjacent to an activating group) is 1. The van der Waals surface area contributed by atoms with Crippen molar-refractivity contribution in [3.05, 3.63) is 28.8 Å². The average Bonchev–Trinajstić information content (AvgIpc) is 2.38. The predicted octanol–water partition coefficient (Wildman–Crippen LogP) is 2.50. The highest BCUT2D eigenvalue weighted by Crippen LogP contribution is 2.25. The first-order chi connectivity index (χ1) is 9.08. The SMILES string of the molecule is COCCCN(C)CC(=O)c1ccc(OC)c(Cl)c1. The summed E-state index contributed by atoms with van der Waals surface area (Å²) in [6.07, 6.45) is 0.906. The Hall–Kier alpha value is -1.10. The van der Waals surface area contributed by atoms with Gasteiger partial charge in [0.05, 0.1) is 18.7 Å². The van der Waals surface area contributed by atoms with Gasteiger partial charge in [0.25, 0.3) is 0 Å². The molecule has 1 aromatic rings. The number of hydrogen-bond acceptors (Lipinski definition) is 4. The largest absolute Gasteiger partial charge is 0.495 e. The van der Waals surface area contributed by atoms with Gasteiger partial charge in [-0.25, -0.2) is 0 Å². The normalized spacial score (nSPS) is 10.8. The van der Waals surface area contributed by atoms with Crippen LogP contribution in [0.2, 0.25) is 5.02 Å². The minimum Gasteiger partial charge on any atom is -0.495 e. The Balaban J connectivity index is 2.55. The van der Waals surface area contributed by atoms with Crippen molar-refractivity contribution in [2.75, 3.05) is 41.0 Å². The van der Waals surface area contributed by atoms with Crippen LogP contribution in [0.15, 0.2) is 18.2 Å². The van der Waals surface area contributed by atoms with Crippen molar-refractivity contribution in [1.29, 1.82) is 0 Å². The molecule has 0 aliphatic carbocycles. The monoisotopic (exact) mass is 285 g/mol. The third kappa shape index (κ3) is 5.19. The van der Waals surface area contributed by atoms with E-state index in [9.17, 15) is 4.79 Å². The Labute approximate surface area is 119 Å². The van der Waals surface area contributed by atoms with Gasteiger partial charge in [0, 0.05) is 25.8 Å². The quantitative estimate of drug-likeness (QED) is 0.543. The summed E-state index contributed by atoms with van der Waals surface area (Å²) in [6, 6.07) is 5.09. The van der Waals surface area contributed by atoms with Gasteiger partial charge >= 0.3 is 0 Å². The molecule has 0 amide bonds. The van der Waals surface area contributed by atoms with Crippen molar-refractivity contribution in [2.45, 2.75) is 6.42 Å². The van der Waals surface area contributed by atoms with E-state index in [2.05, 4.69) is 0 Å². The van der Waals surface area contributed by atoms with E-state index in [0.29, 0.717) is 29.5 Å². The van der Waals surface area contributed by atoms with Crippen molar-refractivity contribution in [1.82, 2.24) is 4.90 Å². The number of ketones is 1. The lowest BCUT2D eigenvalue weighted by Crippen LogP contribution is -2.27. The van der Waals surface area contributed by atoms with E-state index in [1.54, 1.807) is 32.4 Å². The van der Waals surface area contributed by atoms with Crippen molar-refractivity contribution in [3.63, 3.8) is 0 Å². The molecule has 0 saturated carbocycles. The molecule has 0 bridgehead atoms. The second-order valence-electron chi connectivity index (χ2n) is 4.36. The Kier molecular flexibility index (Phi) is 6.84. The molecular weight excluding hydrogens is 266 g/mol. The number of rotatable bonds is 8. The van der Waals surface area contributed by atoms with E-state index in [0.717, 1.165) is 13.0 Å². The summed E-state index contributed by atoms with van der Waals surface area (Å²) in [5.74, 6) is 0.621. The molecule has 0 fully saturated rings. The average molecular weight is 286 g/mol. The van der Waals surface area contributed by atoms with Gasteiger partial charge in [-0.2, -0.15) is 0 Å². The van der Waals surface area contributed by atoms with Gasteiger partial charge in [0.15, 0.2) is 5.78 Å². The smallest absolute Gasteiger partial charge is 0.176 e. The lowest BCUT2D eigenvalue weighted by molar-refractivity contribution is 0.0938. The van der Waals surface area contributed by atoms with Crippen LogP contribution in [-0.4, -0.2) is 51.6 Å². The molecule has 0 saturated heterocycles. The number of hydrogen-bond donors (Lipinski definition) is 0. The number of methoxy groups -OCH3 is 2. The first kappa shape index (κ1) is 16.0. The molecule has 1 aromatic carbocycles. The standard InChI is InChI=1S/C14H20ClNO3/c1-16(7-4-8-18-2)10-13(17)11-5-6-14(19-3)12(15)9-11/h5-6,9H,4,7-8,10H2,1-3H3. The van der Waals surface area contributed by atoms with Crippen LogP contribution in [0.5, 0.6) is 5.75 Å². The van der Waals surface area contributed by atoms with Gasteiger partial charge in [-0.15, -0.1) is 0 Å². The van der Waals surface area contributed by atoms with Gasteiger partial charge in [0.2, 0.25) is 0 Å². The van der Waals surface area contributed by atoms with Crippen LogP contribution >= 0.6 is 11.6 Å². The fourth-order valence-corrected chi connectivity index (χ4v) is 1.99. The second-order valence-corrected chi connectivity index (χ2v) is 4.76. The summed E-state index contributed by atoms with van der Waals surface area (Å²) < 4.78 is 10.0. The molecular formula is C14H20ClNO3. The van der Waals surface area contributed by atoms with Crippen LogP contribution in [-0.2, 0) is 4.74 Å². The molecule has 5 heteroatoms. The summed E-state index contributed by atoms with van der Waals surface area (Å²) in [5, 5.41) is 0.454. The molecule has 0 unspecified atom stereocenters. The van der Waals surface area contributed by atoms with Gasteiger partial charge in [-0.05, 0) is 31.7 Å². The van der Waals surface area contributed by atoms with Crippen molar-refractivity contribution in [3.8, 4) is 5.75 Å². The zero-order chi connectivity index (χ0) is 14.3. The number of halogens is 1. The summed E-state index contributed by atoms with van der Waals surface area (Å²) in [6.45, 7) is 1.89. The van der Waals surface area contributed by atoms with Crippen molar-refractivity contribution < 1.29 is 14.3 Å². The highest BCUT2D eigenvalue weighted by Gasteiger charge is 2.11. The maximum absolute atomic E-state index is 12.1. The summed E-state index contributed by atoms with van der Waals surface area (Å²) in [4.78, 5) is 14.0. The number of carbonyl (C=O) groups is 1. The maximum Gasteiger partial charge on any atom is 0.176 e. The predicted molar refractivity (Wildman–Crippen MR) is 76.3 cm³/mol. The highest BCUT2D eigenvalue weighted by atomic mass is 35.5. The minimum atomic E-state index is 0.0458. The van der Waals surface area contributed by atoms with Crippen molar-refractivity contribution >= 4 is 17.4 Å². The topological polar surface area (TPSA) is 38.8 Å². The number of Topliss-reactive ketones (excluding diaryl/α,β-unsaturated/α-hetero) is 1. The Morgan fingerprint density at radius 2 is 2.11 bits per heavy atom. The fraction of sp³-hybridized carbons (Fsp3) is 0.500. The molecule has 19 heavy (non-hydrogen) atoms. The van der Waals surface area contributed by atoms with Crippen LogP contribution in [0.25, 0.3) is 0 Å². The van der Waals surface area contributed by atoms with Crippen LogP contribution in [0, 0.1) is 0 Å². The van der Waals surface area contributed by atoms with Gasteiger partial charge in [-0.3, -0.25) is 9.69 Å². The van der Waals surface area contributed by atoms with Crippen molar-refractivity contribution in [2.24, 2.45) is 0 Å². The molecule has 0 spiro atoms. The third-order valence-electron chi connectivity index (χ3n) is 2.78. The van der Waals surface area contributed by atoms with Crippen LogP contribution in [0.1, 0.15) is 16.8 Å². The summed E-state index contributed by atoms with van der Waals surface area (Å²) >= 11 is 6.01. The maximum atomic E-state index is 12.1. The molecule has 0 atom stereocenters. The number of nitrogens with zero attached hydrogens (tertiary/aromatic N) is 1. The van der Waals surface area contributed by atoms with E-state index in [4.69, 9.17) is 21.1 Å². The number of ether oxygens (including phenoxy) is 2. The molecule has 0 N–H and O–H groups in total. The highest BCUT2D eigenvalue weighted by molar-refractivity contribution is 6.32. The minimum absolute atomic E-state index is 0.0458. The molecule has 4 nitrogen and oxygen atoms in total. The molecule has 0 aliphatic rings. The van der Waals surface area contributed by atoms with E-state index < -0.39 is 0 Å². The van der Waals surface area contributed by atoms with E-state index in [-0.39, 0.29) is 5.78 Å². The molecule has 0 radical (unpaired) electrons. The van der Waals surface area contributed by atoms with E-state index in [1.165, 1.54) is 0 Å². The van der Waals surface area contributed by atoms with Gasteiger partial charge < -0.3 is 9.47 Å². The molecule has 1 rings (SSSR count). The zero-order valence-corrected chi connectivity index (χ0v) is 12.4.